The highest BCUT2D eigenvalue weighted by Gasteiger charge is 2.22. The summed E-state index contributed by atoms with van der Waals surface area (Å²) >= 11 is 12.2. The number of carboxylic acid groups (broad SMARTS) is 1. The van der Waals surface area contributed by atoms with Gasteiger partial charge in [-0.25, -0.2) is 9.78 Å². The van der Waals surface area contributed by atoms with Crippen molar-refractivity contribution in [3.05, 3.63) is 64.2 Å². The van der Waals surface area contributed by atoms with Gasteiger partial charge in [-0.15, -0.1) is 0 Å². The van der Waals surface area contributed by atoms with Crippen molar-refractivity contribution in [1.82, 2.24) is 24.3 Å². The first-order valence-corrected chi connectivity index (χ1v) is 9.95. The molecule has 4 rings (SSSR count). The van der Waals surface area contributed by atoms with E-state index in [4.69, 9.17) is 28.9 Å². The molecule has 158 valence electrons. The number of nitrogens with one attached hydrogen (secondary N) is 1. The number of anilines is 2. The number of aliphatic carboxylic acids is 1. The van der Waals surface area contributed by atoms with E-state index in [2.05, 4.69) is 25.3 Å². The quantitative estimate of drug-likeness (QED) is 0.400. The molecule has 0 spiro atoms. The second-order valence-electron chi connectivity index (χ2n) is 6.81. The number of aryl methyl sites for hydroxylation is 1. The van der Waals surface area contributed by atoms with E-state index in [1.807, 2.05) is 29.7 Å². The molecule has 3 aromatic heterocycles. The molecule has 4 N–H and O–H groups in total. The van der Waals surface area contributed by atoms with Gasteiger partial charge in [0.25, 0.3) is 0 Å². The minimum absolute atomic E-state index is 0.0375. The molecule has 0 fully saturated rings. The Morgan fingerprint density at radius 3 is 2.81 bits per heavy atom. The summed E-state index contributed by atoms with van der Waals surface area (Å²) in [6.07, 6.45) is 3.65. The molecule has 9 nitrogen and oxygen atoms in total. The predicted octanol–water partition coefficient (Wildman–Crippen LogP) is 3.49. The summed E-state index contributed by atoms with van der Waals surface area (Å²) in [5, 5.41) is 13.1. The number of halogens is 2. The Morgan fingerprint density at radius 2 is 2.03 bits per heavy atom. The smallest absolute Gasteiger partial charge is 0.326 e. The summed E-state index contributed by atoms with van der Waals surface area (Å²) in [4.78, 5) is 28.7. The number of fused-ring (bicyclic) bond motifs is 1. The molecule has 1 atom stereocenters. The van der Waals surface area contributed by atoms with Crippen LogP contribution in [0.3, 0.4) is 0 Å². The number of hydrogen-bond acceptors (Lipinski definition) is 7. The molecule has 0 amide bonds. The lowest BCUT2D eigenvalue weighted by Gasteiger charge is -2.16. The average molecular weight is 458 g/mol. The van der Waals surface area contributed by atoms with Crippen LogP contribution in [0.25, 0.3) is 16.9 Å². The first-order chi connectivity index (χ1) is 14.8. The van der Waals surface area contributed by atoms with E-state index in [9.17, 15) is 9.90 Å². The lowest BCUT2D eigenvalue weighted by Crippen LogP contribution is -2.32. The molecule has 31 heavy (non-hydrogen) atoms. The Balaban J connectivity index is 1.65. The molecule has 0 aliphatic rings. The largest absolute Gasteiger partial charge is 0.480 e. The summed E-state index contributed by atoms with van der Waals surface area (Å²) in [6, 6.07) is 7.69. The van der Waals surface area contributed by atoms with E-state index in [1.165, 1.54) is 0 Å². The lowest BCUT2D eigenvalue weighted by molar-refractivity contribution is -0.137. The summed E-state index contributed by atoms with van der Waals surface area (Å²) in [6.45, 7) is 1.88. The number of nitrogens with two attached hydrogens (primary N) is 1. The number of hydrogen-bond donors (Lipinski definition) is 3. The maximum absolute atomic E-state index is 11.8. The van der Waals surface area contributed by atoms with Crippen molar-refractivity contribution in [2.75, 3.05) is 11.1 Å². The highest BCUT2D eigenvalue weighted by Crippen LogP contribution is 2.27. The molecule has 0 aliphatic heterocycles. The predicted molar refractivity (Wildman–Crippen MR) is 118 cm³/mol. The Bertz CT molecular complexity index is 1290. The topological polar surface area (TPSA) is 131 Å². The van der Waals surface area contributed by atoms with E-state index < -0.39 is 12.0 Å². The number of aromatic nitrogens is 5. The van der Waals surface area contributed by atoms with E-state index >= 15 is 0 Å². The molecule has 0 radical (unpaired) electrons. The molecule has 3 heterocycles. The number of carbonyl (C=O) groups is 1. The number of pyridine rings is 1. The van der Waals surface area contributed by atoms with Gasteiger partial charge in [0.1, 0.15) is 11.9 Å². The van der Waals surface area contributed by atoms with Crippen LogP contribution >= 0.6 is 23.2 Å². The Labute approximate surface area is 186 Å². The van der Waals surface area contributed by atoms with Crippen LogP contribution in [0.1, 0.15) is 11.4 Å². The van der Waals surface area contributed by atoms with Crippen molar-refractivity contribution in [1.29, 1.82) is 0 Å². The molecule has 0 saturated heterocycles. The monoisotopic (exact) mass is 457 g/mol. The average Bonchev–Trinajstić information content (AvgIpc) is 3.10. The lowest BCUT2D eigenvalue weighted by atomic mass is 10.1. The standard InChI is InChI=1S/C20H17Cl2N7O2/c1-10-24-8-13-6-5-12(9-29(10)13)17-26-19(23)28-20(27-17)25-15(18(30)31)7-11-3-2-4-14(21)16(11)22/h2-6,8-9,15H,7H2,1H3,(H,30,31)(H3,23,25,26,27,28). The zero-order chi connectivity index (χ0) is 22.1. The zero-order valence-corrected chi connectivity index (χ0v) is 17.8. The number of carboxylic acids is 1. The second-order valence-corrected chi connectivity index (χ2v) is 7.60. The summed E-state index contributed by atoms with van der Waals surface area (Å²) in [5.74, 6) is -0.00101. The van der Waals surface area contributed by atoms with Gasteiger partial charge in [0, 0.05) is 18.2 Å². The van der Waals surface area contributed by atoms with Crippen molar-refractivity contribution >= 4 is 46.6 Å². The zero-order valence-electron chi connectivity index (χ0n) is 16.3. The molecule has 1 unspecified atom stereocenters. The maximum atomic E-state index is 11.8. The van der Waals surface area contributed by atoms with Gasteiger partial charge in [-0.05, 0) is 30.7 Å². The molecule has 0 bridgehead atoms. The molecule has 0 saturated carbocycles. The third-order valence-corrected chi connectivity index (χ3v) is 5.54. The third kappa shape index (κ3) is 4.37. The van der Waals surface area contributed by atoms with Crippen LogP contribution in [0.2, 0.25) is 10.0 Å². The maximum Gasteiger partial charge on any atom is 0.326 e. The van der Waals surface area contributed by atoms with Gasteiger partial charge >= 0.3 is 5.97 Å². The van der Waals surface area contributed by atoms with E-state index in [-0.39, 0.29) is 18.3 Å². The van der Waals surface area contributed by atoms with Crippen LogP contribution < -0.4 is 11.1 Å². The highest BCUT2D eigenvalue weighted by molar-refractivity contribution is 6.42. The SMILES string of the molecule is Cc1ncc2ccc(-c3nc(N)nc(NC(Cc4cccc(Cl)c4Cl)C(=O)O)n3)cn12. The van der Waals surface area contributed by atoms with Gasteiger partial charge in [0.2, 0.25) is 11.9 Å². The van der Waals surface area contributed by atoms with Crippen molar-refractivity contribution in [3.8, 4) is 11.4 Å². The number of benzene rings is 1. The minimum atomic E-state index is -1.10. The van der Waals surface area contributed by atoms with Gasteiger partial charge < -0.3 is 20.6 Å². The number of imidazole rings is 1. The van der Waals surface area contributed by atoms with Crippen LogP contribution in [-0.2, 0) is 11.2 Å². The summed E-state index contributed by atoms with van der Waals surface area (Å²) in [5.41, 5.74) is 8.04. The third-order valence-electron chi connectivity index (χ3n) is 4.68. The Morgan fingerprint density at radius 1 is 1.23 bits per heavy atom. The molecular formula is C20H17Cl2N7O2. The van der Waals surface area contributed by atoms with Gasteiger partial charge in [-0.3, -0.25) is 0 Å². The fourth-order valence-electron chi connectivity index (χ4n) is 3.12. The second kappa shape index (κ2) is 8.37. The fraction of sp³-hybridized carbons (Fsp3) is 0.150. The number of nitrogens with zero attached hydrogens (tertiary/aromatic N) is 5. The van der Waals surface area contributed by atoms with Crippen molar-refractivity contribution in [2.45, 2.75) is 19.4 Å². The van der Waals surface area contributed by atoms with Gasteiger partial charge in [0.15, 0.2) is 5.82 Å². The molecular weight excluding hydrogens is 441 g/mol. The first-order valence-electron chi connectivity index (χ1n) is 9.19. The Kier molecular flexibility index (Phi) is 5.62. The minimum Gasteiger partial charge on any atom is -0.480 e. The highest BCUT2D eigenvalue weighted by atomic mass is 35.5. The van der Waals surface area contributed by atoms with Gasteiger partial charge in [-0.2, -0.15) is 15.0 Å². The molecule has 0 aliphatic carbocycles. The van der Waals surface area contributed by atoms with Crippen LogP contribution in [0.15, 0.2) is 42.7 Å². The van der Waals surface area contributed by atoms with Crippen LogP contribution in [0, 0.1) is 6.92 Å². The number of rotatable bonds is 6. The molecule has 11 heteroatoms. The number of nitrogen functional groups attached to an aromatic ring is 1. The van der Waals surface area contributed by atoms with Gasteiger partial charge in [0.05, 0.1) is 21.8 Å². The van der Waals surface area contributed by atoms with E-state index in [0.717, 1.165) is 11.3 Å². The Hall–Kier alpha value is -3.43. The normalized spacial score (nSPS) is 12.1. The first kappa shape index (κ1) is 20.8. The van der Waals surface area contributed by atoms with Crippen LogP contribution in [0.4, 0.5) is 11.9 Å². The summed E-state index contributed by atoms with van der Waals surface area (Å²) < 4.78 is 1.89. The fourth-order valence-corrected chi connectivity index (χ4v) is 3.52. The van der Waals surface area contributed by atoms with Crippen molar-refractivity contribution in [2.24, 2.45) is 0 Å². The van der Waals surface area contributed by atoms with Crippen molar-refractivity contribution < 1.29 is 9.90 Å². The van der Waals surface area contributed by atoms with Gasteiger partial charge in [-0.1, -0.05) is 35.3 Å². The van der Waals surface area contributed by atoms with E-state index in [0.29, 0.717) is 27.0 Å². The van der Waals surface area contributed by atoms with Crippen LogP contribution in [0.5, 0.6) is 0 Å². The van der Waals surface area contributed by atoms with E-state index in [1.54, 1.807) is 24.4 Å². The summed E-state index contributed by atoms with van der Waals surface area (Å²) in [7, 11) is 0. The molecule has 4 aromatic rings. The molecule has 1 aromatic carbocycles. The van der Waals surface area contributed by atoms with Crippen molar-refractivity contribution in [3.63, 3.8) is 0 Å². The van der Waals surface area contributed by atoms with Crippen LogP contribution in [-0.4, -0.2) is 41.5 Å².